The zero-order valence-electron chi connectivity index (χ0n) is 9.37. The van der Waals surface area contributed by atoms with Crippen molar-refractivity contribution in [1.29, 1.82) is 0 Å². The largest absolute Gasteiger partial charge is 0.479 e. The van der Waals surface area contributed by atoms with E-state index >= 15 is 0 Å². The van der Waals surface area contributed by atoms with Crippen LogP contribution in [0.2, 0.25) is 0 Å². The van der Waals surface area contributed by atoms with Gasteiger partial charge in [-0.25, -0.2) is 4.79 Å². The summed E-state index contributed by atoms with van der Waals surface area (Å²) in [6, 6.07) is 11.0. The molecule has 0 aliphatic heterocycles. The highest BCUT2D eigenvalue weighted by Crippen LogP contribution is 2.15. The lowest BCUT2D eigenvalue weighted by molar-refractivity contribution is -0.139. The van der Waals surface area contributed by atoms with Gasteiger partial charge in [0.2, 0.25) is 0 Å². The first-order valence-electron chi connectivity index (χ1n) is 5.30. The molecule has 0 saturated heterocycles. The van der Waals surface area contributed by atoms with E-state index in [2.05, 4.69) is 5.32 Å². The molecule has 92 valence electrons. The number of nitrogens with one attached hydrogen (secondary N) is 1. The molecule has 1 aromatic heterocycles. The highest BCUT2D eigenvalue weighted by molar-refractivity contribution is 7.12. The molecular weight excluding hydrogens is 250 g/mol. The highest BCUT2D eigenvalue weighted by atomic mass is 32.1. The summed E-state index contributed by atoms with van der Waals surface area (Å²) in [5, 5.41) is 13.4. The van der Waals surface area contributed by atoms with Gasteiger partial charge in [-0.2, -0.15) is 0 Å². The lowest BCUT2D eigenvalue weighted by atomic mass is 10.1. The number of rotatable bonds is 4. The summed E-state index contributed by atoms with van der Waals surface area (Å²) in [5.41, 5.74) is 0.551. The Kier molecular flexibility index (Phi) is 3.74. The third-order valence-electron chi connectivity index (χ3n) is 2.40. The molecule has 0 bridgehead atoms. The Morgan fingerprint density at radius 3 is 2.39 bits per heavy atom. The number of hydrogen-bond acceptors (Lipinski definition) is 3. The topological polar surface area (TPSA) is 66.4 Å². The van der Waals surface area contributed by atoms with Crippen LogP contribution in [0.3, 0.4) is 0 Å². The summed E-state index contributed by atoms with van der Waals surface area (Å²) in [7, 11) is 0. The van der Waals surface area contributed by atoms with Crippen LogP contribution in [-0.4, -0.2) is 17.0 Å². The van der Waals surface area contributed by atoms with E-state index in [9.17, 15) is 9.59 Å². The van der Waals surface area contributed by atoms with Gasteiger partial charge >= 0.3 is 5.97 Å². The summed E-state index contributed by atoms with van der Waals surface area (Å²) in [6.07, 6.45) is 0. The Morgan fingerprint density at radius 2 is 1.83 bits per heavy atom. The standard InChI is InChI=1S/C13H11NO3S/c15-12(10-7-4-8-18-10)14-11(13(16)17)9-5-2-1-3-6-9/h1-8,11H,(H,14,15)(H,16,17). The first-order chi connectivity index (χ1) is 8.68. The zero-order valence-corrected chi connectivity index (χ0v) is 10.2. The second-order valence-corrected chi connectivity index (χ2v) is 4.58. The maximum atomic E-state index is 11.8. The minimum Gasteiger partial charge on any atom is -0.479 e. The van der Waals surface area contributed by atoms with Gasteiger partial charge in [-0.1, -0.05) is 36.4 Å². The van der Waals surface area contributed by atoms with Crippen molar-refractivity contribution in [2.24, 2.45) is 0 Å². The molecule has 2 aromatic rings. The third kappa shape index (κ3) is 2.75. The predicted octanol–water partition coefficient (Wildman–Crippen LogP) is 2.30. The molecule has 0 radical (unpaired) electrons. The number of hydrogen-bond donors (Lipinski definition) is 2. The van der Waals surface area contributed by atoms with Crippen molar-refractivity contribution in [3.63, 3.8) is 0 Å². The minimum absolute atomic E-state index is 0.374. The summed E-state index contributed by atoms with van der Waals surface area (Å²) < 4.78 is 0. The fourth-order valence-electron chi connectivity index (χ4n) is 1.54. The number of amides is 1. The van der Waals surface area contributed by atoms with Crippen molar-refractivity contribution < 1.29 is 14.7 Å². The first-order valence-corrected chi connectivity index (χ1v) is 6.18. The molecule has 1 aromatic carbocycles. The molecule has 1 atom stereocenters. The lowest BCUT2D eigenvalue weighted by Crippen LogP contribution is -2.33. The monoisotopic (exact) mass is 261 g/mol. The molecule has 0 saturated carbocycles. The van der Waals surface area contributed by atoms with Crippen LogP contribution in [0.4, 0.5) is 0 Å². The highest BCUT2D eigenvalue weighted by Gasteiger charge is 2.22. The zero-order chi connectivity index (χ0) is 13.0. The SMILES string of the molecule is O=C(NC(C(=O)O)c1ccccc1)c1cccs1. The summed E-state index contributed by atoms with van der Waals surface area (Å²) >= 11 is 1.27. The molecule has 2 N–H and O–H groups in total. The lowest BCUT2D eigenvalue weighted by Gasteiger charge is -2.14. The summed E-state index contributed by atoms with van der Waals surface area (Å²) in [6.45, 7) is 0. The molecule has 1 amide bonds. The van der Waals surface area contributed by atoms with Crippen molar-refractivity contribution in [3.8, 4) is 0 Å². The molecular formula is C13H11NO3S. The van der Waals surface area contributed by atoms with Crippen LogP contribution in [-0.2, 0) is 4.79 Å². The average Bonchev–Trinajstić information content (AvgIpc) is 2.90. The average molecular weight is 261 g/mol. The van der Waals surface area contributed by atoms with E-state index in [0.717, 1.165) is 0 Å². The van der Waals surface area contributed by atoms with E-state index in [-0.39, 0.29) is 5.91 Å². The van der Waals surface area contributed by atoms with Crippen molar-refractivity contribution in [3.05, 3.63) is 58.3 Å². The predicted molar refractivity (Wildman–Crippen MR) is 68.6 cm³/mol. The van der Waals surface area contributed by atoms with E-state index in [1.165, 1.54) is 11.3 Å². The molecule has 4 nitrogen and oxygen atoms in total. The second kappa shape index (κ2) is 5.46. The Balaban J connectivity index is 2.18. The molecule has 0 fully saturated rings. The molecule has 5 heteroatoms. The van der Waals surface area contributed by atoms with Crippen LogP contribution in [0, 0.1) is 0 Å². The third-order valence-corrected chi connectivity index (χ3v) is 3.27. The maximum Gasteiger partial charge on any atom is 0.330 e. The van der Waals surface area contributed by atoms with Crippen LogP contribution in [0.15, 0.2) is 47.8 Å². The van der Waals surface area contributed by atoms with E-state index < -0.39 is 12.0 Å². The fraction of sp³-hybridized carbons (Fsp3) is 0.0769. The van der Waals surface area contributed by atoms with Crippen LogP contribution in [0.25, 0.3) is 0 Å². The van der Waals surface area contributed by atoms with Gasteiger partial charge in [0.1, 0.15) is 0 Å². The molecule has 2 rings (SSSR count). The number of thiophene rings is 1. The first kappa shape index (κ1) is 12.3. The summed E-state index contributed by atoms with van der Waals surface area (Å²) in [4.78, 5) is 23.5. The second-order valence-electron chi connectivity index (χ2n) is 3.63. The molecule has 1 heterocycles. The number of carbonyl (C=O) groups is 2. The van der Waals surface area contributed by atoms with Gasteiger partial charge in [0.25, 0.3) is 5.91 Å². The molecule has 0 aliphatic carbocycles. The number of carboxylic acids is 1. The van der Waals surface area contributed by atoms with E-state index in [4.69, 9.17) is 5.11 Å². The van der Waals surface area contributed by atoms with Crippen LogP contribution in [0.1, 0.15) is 21.3 Å². The normalized spacial score (nSPS) is 11.8. The van der Waals surface area contributed by atoms with Crippen molar-refractivity contribution >= 4 is 23.2 Å². The smallest absolute Gasteiger partial charge is 0.330 e. The van der Waals surface area contributed by atoms with Crippen LogP contribution < -0.4 is 5.32 Å². The van der Waals surface area contributed by atoms with E-state index in [1.54, 1.807) is 47.8 Å². The maximum absolute atomic E-state index is 11.8. The summed E-state index contributed by atoms with van der Waals surface area (Å²) in [5.74, 6) is -1.45. The fourth-order valence-corrected chi connectivity index (χ4v) is 2.17. The van der Waals surface area contributed by atoms with Gasteiger partial charge in [0.05, 0.1) is 4.88 Å². The Bertz CT molecular complexity index is 537. The Morgan fingerprint density at radius 1 is 1.11 bits per heavy atom. The minimum atomic E-state index is -1.08. The quantitative estimate of drug-likeness (QED) is 0.887. The number of aliphatic carboxylic acids is 1. The van der Waals surface area contributed by atoms with Gasteiger partial charge in [-0.3, -0.25) is 4.79 Å². The van der Waals surface area contributed by atoms with Crippen molar-refractivity contribution in [1.82, 2.24) is 5.32 Å². The number of carboxylic acid groups (broad SMARTS) is 1. The molecule has 0 aliphatic rings. The Hall–Kier alpha value is -2.14. The van der Waals surface area contributed by atoms with Crippen LogP contribution >= 0.6 is 11.3 Å². The van der Waals surface area contributed by atoms with Crippen LogP contribution in [0.5, 0.6) is 0 Å². The number of benzene rings is 1. The molecule has 1 unspecified atom stereocenters. The van der Waals surface area contributed by atoms with Gasteiger partial charge in [0, 0.05) is 0 Å². The van der Waals surface area contributed by atoms with Gasteiger partial charge in [-0.15, -0.1) is 11.3 Å². The van der Waals surface area contributed by atoms with Gasteiger partial charge < -0.3 is 10.4 Å². The van der Waals surface area contributed by atoms with E-state index in [0.29, 0.717) is 10.4 Å². The van der Waals surface area contributed by atoms with Crippen molar-refractivity contribution in [2.45, 2.75) is 6.04 Å². The molecule has 18 heavy (non-hydrogen) atoms. The molecule has 0 spiro atoms. The van der Waals surface area contributed by atoms with E-state index in [1.807, 2.05) is 0 Å². The number of carbonyl (C=O) groups excluding carboxylic acids is 1. The van der Waals surface area contributed by atoms with Crippen molar-refractivity contribution in [2.75, 3.05) is 0 Å². The van der Waals surface area contributed by atoms with Gasteiger partial charge in [-0.05, 0) is 17.0 Å². The van der Waals surface area contributed by atoms with Gasteiger partial charge in [0.15, 0.2) is 6.04 Å². The Labute approximate surface area is 108 Å².